The van der Waals surface area contributed by atoms with Crippen LogP contribution in [0.2, 0.25) is 5.02 Å². The molecule has 2 aliphatic carbocycles. The molecule has 2 aromatic rings. The van der Waals surface area contributed by atoms with Gasteiger partial charge < -0.3 is 14.5 Å². The lowest BCUT2D eigenvalue weighted by molar-refractivity contribution is -0.118. The van der Waals surface area contributed by atoms with Crippen molar-refractivity contribution in [3.63, 3.8) is 0 Å². The standard InChI is InChI=1S/C35H44ClN3O5S/c1-22-6-4-15-35(18-23(2)37-44-35)30-11-8-27(30)19-39-20-34(14-5-7-25-16-28(36)10-12-29(25)34)21-43-32-13-9-26(17-31(32)39)33(40)38-45(41,42)24(22)3/h9-10,12-13,16-17,22,24,27,30H,4-8,11,14-15,18-21H2,1-3H3,(H,38,40)/t22-,24+,27-,30+,34-,35+/m0/s1. The fourth-order valence-corrected chi connectivity index (χ4v) is 10.3. The van der Waals surface area contributed by atoms with Crippen molar-refractivity contribution in [1.82, 2.24) is 4.72 Å². The largest absolute Gasteiger partial charge is 0.490 e. The topological polar surface area (TPSA) is 97.3 Å². The highest BCUT2D eigenvalue weighted by molar-refractivity contribution is 7.90. The number of sulfonamides is 1. The third kappa shape index (κ3) is 5.52. The van der Waals surface area contributed by atoms with Gasteiger partial charge in [-0.2, -0.15) is 0 Å². The molecule has 6 atom stereocenters. The minimum Gasteiger partial charge on any atom is -0.490 e. The summed E-state index contributed by atoms with van der Waals surface area (Å²) in [5.41, 5.74) is 4.14. The van der Waals surface area contributed by atoms with Gasteiger partial charge in [-0.05, 0) is 119 Å². The number of rotatable bonds is 0. The molecule has 0 aromatic heterocycles. The number of nitrogens with one attached hydrogen (secondary N) is 1. The van der Waals surface area contributed by atoms with Crippen LogP contribution in [0.5, 0.6) is 5.75 Å². The molecule has 1 N–H and O–H groups in total. The maximum absolute atomic E-state index is 13.5. The van der Waals surface area contributed by atoms with E-state index in [1.807, 2.05) is 32.0 Å². The first-order chi connectivity index (χ1) is 21.5. The lowest BCUT2D eigenvalue weighted by atomic mass is 9.61. The van der Waals surface area contributed by atoms with Crippen molar-refractivity contribution in [3.05, 3.63) is 58.1 Å². The summed E-state index contributed by atoms with van der Waals surface area (Å²) in [7, 11) is -3.89. The molecule has 0 saturated heterocycles. The van der Waals surface area contributed by atoms with E-state index in [9.17, 15) is 13.2 Å². The summed E-state index contributed by atoms with van der Waals surface area (Å²) < 4.78 is 35.8. The first-order valence-corrected chi connectivity index (χ1v) is 18.5. The smallest absolute Gasteiger partial charge is 0.264 e. The molecule has 1 amide bonds. The number of hydrogen-bond donors (Lipinski definition) is 1. The van der Waals surface area contributed by atoms with Gasteiger partial charge in [-0.3, -0.25) is 4.79 Å². The van der Waals surface area contributed by atoms with Crippen molar-refractivity contribution in [1.29, 1.82) is 0 Å². The number of anilines is 1. The number of nitrogens with zero attached hydrogens (tertiary/aromatic N) is 2. The SMILES string of the molecule is CC1=NO[C@]2(CCC[C@H](C)[C@@H](C)S(=O)(=O)NC(=O)c3ccc4c(c3)N(C[C@@H]3CC[C@H]32)C[C@@]2(CCCc3cc(Cl)ccc32)CO4)C1. The number of carbonyl (C=O) groups excluding carboxylic acids is 1. The summed E-state index contributed by atoms with van der Waals surface area (Å²) in [5, 5.41) is 4.49. The van der Waals surface area contributed by atoms with Crippen molar-refractivity contribution < 1.29 is 22.8 Å². The van der Waals surface area contributed by atoms with Crippen LogP contribution in [0.4, 0.5) is 5.69 Å². The highest BCUT2D eigenvalue weighted by Gasteiger charge is 2.53. The first-order valence-electron chi connectivity index (χ1n) is 16.6. The van der Waals surface area contributed by atoms with E-state index >= 15 is 0 Å². The second kappa shape index (κ2) is 11.5. The summed E-state index contributed by atoms with van der Waals surface area (Å²) in [6, 6.07) is 11.6. The van der Waals surface area contributed by atoms with Crippen LogP contribution >= 0.6 is 11.6 Å². The van der Waals surface area contributed by atoms with Gasteiger partial charge in [0, 0.05) is 41.4 Å². The zero-order valence-corrected chi connectivity index (χ0v) is 28.1. The van der Waals surface area contributed by atoms with Crippen molar-refractivity contribution >= 4 is 38.9 Å². The van der Waals surface area contributed by atoms with Crippen LogP contribution in [0.25, 0.3) is 0 Å². The van der Waals surface area contributed by atoms with Gasteiger partial charge in [0.05, 0.1) is 23.3 Å². The van der Waals surface area contributed by atoms with E-state index < -0.39 is 21.2 Å². The Morgan fingerprint density at radius 2 is 1.91 bits per heavy atom. The number of ether oxygens (including phenoxy) is 1. The van der Waals surface area contributed by atoms with Gasteiger partial charge in [0.25, 0.3) is 5.91 Å². The molecule has 3 aliphatic heterocycles. The molecule has 2 bridgehead atoms. The molecule has 8 nitrogen and oxygen atoms in total. The van der Waals surface area contributed by atoms with Crippen molar-refractivity contribution in [2.24, 2.45) is 22.9 Å². The van der Waals surface area contributed by atoms with Gasteiger partial charge >= 0.3 is 0 Å². The Morgan fingerprint density at radius 1 is 1.07 bits per heavy atom. The molecule has 1 fully saturated rings. The molecule has 10 heteroatoms. The molecule has 3 heterocycles. The average Bonchev–Trinajstić information content (AvgIpc) is 3.28. The van der Waals surface area contributed by atoms with Crippen LogP contribution in [0.1, 0.15) is 93.6 Å². The predicted molar refractivity (Wildman–Crippen MR) is 177 cm³/mol. The Balaban J connectivity index is 1.31. The van der Waals surface area contributed by atoms with E-state index in [-0.39, 0.29) is 16.9 Å². The summed E-state index contributed by atoms with van der Waals surface area (Å²) in [6.07, 6.45) is 8.42. The summed E-state index contributed by atoms with van der Waals surface area (Å²) in [6.45, 7) is 7.75. The molecular formula is C35H44ClN3O5S. The minimum atomic E-state index is -3.89. The lowest BCUT2D eigenvalue weighted by Crippen LogP contribution is -2.53. The summed E-state index contributed by atoms with van der Waals surface area (Å²) in [4.78, 5) is 22.2. The Bertz CT molecular complexity index is 1650. The van der Waals surface area contributed by atoms with E-state index in [2.05, 4.69) is 26.9 Å². The van der Waals surface area contributed by atoms with Gasteiger partial charge in [0.1, 0.15) is 11.4 Å². The van der Waals surface area contributed by atoms with E-state index in [1.54, 1.807) is 13.0 Å². The Kier molecular flexibility index (Phi) is 7.87. The highest BCUT2D eigenvalue weighted by atomic mass is 35.5. The van der Waals surface area contributed by atoms with Crippen LogP contribution in [-0.4, -0.2) is 50.6 Å². The molecule has 7 rings (SSSR count). The number of fused-ring (bicyclic) bond motifs is 5. The van der Waals surface area contributed by atoms with Crippen LogP contribution in [0, 0.1) is 17.8 Å². The van der Waals surface area contributed by atoms with Crippen LogP contribution in [0.3, 0.4) is 0 Å². The molecule has 2 spiro atoms. The van der Waals surface area contributed by atoms with Crippen LogP contribution in [0.15, 0.2) is 41.6 Å². The van der Waals surface area contributed by atoms with Crippen LogP contribution in [-0.2, 0) is 26.7 Å². The quantitative estimate of drug-likeness (QED) is 0.342. The zero-order valence-electron chi connectivity index (χ0n) is 26.5. The molecule has 0 unspecified atom stereocenters. The number of amides is 1. The average molecular weight is 654 g/mol. The molecule has 242 valence electrons. The molecule has 2 aromatic carbocycles. The maximum atomic E-state index is 13.5. The third-order valence-corrected chi connectivity index (χ3v) is 13.7. The second-order valence-electron chi connectivity index (χ2n) is 14.4. The Morgan fingerprint density at radius 3 is 2.67 bits per heavy atom. The van der Waals surface area contributed by atoms with Gasteiger partial charge in [-0.15, -0.1) is 0 Å². The normalized spacial score (nSPS) is 34.4. The Labute approximate surface area is 271 Å². The number of benzene rings is 2. The zero-order chi connectivity index (χ0) is 31.6. The van der Waals surface area contributed by atoms with Crippen molar-refractivity contribution in [2.75, 3.05) is 24.6 Å². The summed E-state index contributed by atoms with van der Waals surface area (Å²) >= 11 is 6.44. The highest BCUT2D eigenvalue weighted by Crippen LogP contribution is 2.52. The number of hydrogen-bond acceptors (Lipinski definition) is 7. The number of oxime groups is 1. The number of aryl methyl sites for hydroxylation is 1. The van der Waals surface area contributed by atoms with Gasteiger partial charge in [-0.1, -0.05) is 29.7 Å². The van der Waals surface area contributed by atoms with E-state index in [0.29, 0.717) is 24.0 Å². The van der Waals surface area contributed by atoms with E-state index in [1.165, 1.54) is 11.1 Å². The lowest BCUT2D eigenvalue weighted by Gasteiger charge is -2.49. The minimum absolute atomic E-state index is 0.124. The molecular weight excluding hydrogens is 610 g/mol. The van der Waals surface area contributed by atoms with E-state index in [4.69, 9.17) is 21.2 Å². The summed E-state index contributed by atoms with van der Waals surface area (Å²) in [5.74, 6) is 0.728. The predicted octanol–water partition coefficient (Wildman–Crippen LogP) is 6.64. The fourth-order valence-electron chi connectivity index (χ4n) is 8.75. The second-order valence-corrected chi connectivity index (χ2v) is 16.9. The van der Waals surface area contributed by atoms with Gasteiger partial charge in [0.2, 0.25) is 10.0 Å². The maximum Gasteiger partial charge on any atom is 0.264 e. The number of halogens is 1. The van der Waals surface area contributed by atoms with Crippen molar-refractivity contribution in [2.45, 2.75) is 94.8 Å². The number of carbonyl (C=O) groups is 1. The van der Waals surface area contributed by atoms with Crippen molar-refractivity contribution in [3.8, 4) is 5.75 Å². The van der Waals surface area contributed by atoms with Gasteiger partial charge in [0.15, 0.2) is 0 Å². The van der Waals surface area contributed by atoms with Gasteiger partial charge in [-0.25, -0.2) is 13.1 Å². The van der Waals surface area contributed by atoms with Crippen LogP contribution < -0.4 is 14.4 Å². The monoisotopic (exact) mass is 653 g/mol. The molecule has 1 saturated carbocycles. The Hall–Kier alpha value is -2.78. The molecule has 45 heavy (non-hydrogen) atoms. The fraction of sp³-hybridized carbons (Fsp3) is 0.600. The first kappa shape index (κ1) is 30.9. The third-order valence-electron chi connectivity index (χ3n) is 11.6. The molecule has 5 aliphatic rings. The van der Waals surface area contributed by atoms with E-state index in [0.717, 1.165) is 93.0 Å². The molecule has 0 radical (unpaired) electrons.